The van der Waals surface area contributed by atoms with Gasteiger partial charge in [-0.2, -0.15) is 0 Å². The Morgan fingerprint density at radius 1 is 1.04 bits per heavy atom. The first-order chi connectivity index (χ1) is 12.9. The van der Waals surface area contributed by atoms with Crippen molar-refractivity contribution in [2.24, 2.45) is 0 Å². The molecule has 0 saturated heterocycles. The maximum absolute atomic E-state index is 12.4. The minimum absolute atomic E-state index is 0.171. The Kier molecular flexibility index (Phi) is 6.90. The molecule has 0 radical (unpaired) electrons. The number of esters is 2. The Bertz CT molecular complexity index is 835. The number of carbonyl (C=O) groups excluding carboxylic acids is 3. The van der Waals surface area contributed by atoms with Crippen LogP contribution >= 0.6 is 0 Å². The van der Waals surface area contributed by atoms with Crippen LogP contribution in [0.2, 0.25) is 0 Å². The summed E-state index contributed by atoms with van der Waals surface area (Å²) in [6.45, 7) is 5.35. The molecule has 0 aliphatic carbocycles. The van der Waals surface area contributed by atoms with Gasteiger partial charge in [0.05, 0.1) is 12.7 Å². The monoisotopic (exact) mass is 373 g/mol. The van der Waals surface area contributed by atoms with Crippen molar-refractivity contribution >= 4 is 17.7 Å². The van der Waals surface area contributed by atoms with Gasteiger partial charge in [0.15, 0.2) is 6.61 Å². The molecule has 0 bridgehead atoms. The summed E-state index contributed by atoms with van der Waals surface area (Å²) in [4.78, 5) is 35.5. The molecule has 0 saturated carbocycles. The van der Waals surface area contributed by atoms with Crippen LogP contribution in [0.5, 0.6) is 0 Å². The van der Waals surface area contributed by atoms with Gasteiger partial charge in [-0.1, -0.05) is 0 Å². The number of Topliss-reactive ketones (excluding diaryl/α,β-unsaturated/α-hetero) is 1. The van der Waals surface area contributed by atoms with Gasteiger partial charge < -0.3 is 18.8 Å². The zero-order chi connectivity index (χ0) is 20.0. The summed E-state index contributed by atoms with van der Waals surface area (Å²) in [5.74, 6) is -1.27. The lowest BCUT2D eigenvalue weighted by Crippen LogP contribution is -2.18. The summed E-state index contributed by atoms with van der Waals surface area (Å²) in [6.07, 6.45) is 0. The van der Waals surface area contributed by atoms with Crippen molar-refractivity contribution in [3.8, 4) is 5.69 Å². The minimum atomic E-state index is -0.572. The van der Waals surface area contributed by atoms with Gasteiger partial charge in [0.2, 0.25) is 5.78 Å². The van der Waals surface area contributed by atoms with Crippen LogP contribution in [-0.2, 0) is 19.0 Å². The summed E-state index contributed by atoms with van der Waals surface area (Å²) in [7, 11) is 1.33. The van der Waals surface area contributed by atoms with E-state index in [1.54, 1.807) is 37.3 Å². The number of aryl methyl sites for hydroxylation is 1. The van der Waals surface area contributed by atoms with Gasteiger partial charge in [0, 0.05) is 29.2 Å². The van der Waals surface area contributed by atoms with Gasteiger partial charge in [0.25, 0.3) is 0 Å². The fraction of sp³-hybridized carbons (Fsp3) is 0.350. The molecule has 0 unspecified atom stereocenters. The summed E-state index contributed by atoms with van der Waals surface area (Å²) in [5, 5.41) is 0. The van der Waals surface area contributed by atoms with Crippen molar-refractivity contribution in [2.45, 2.75) is 20.8 Å². The Balaban J connectivity index is 2.17. The summed E-state index contributed by atoms with van der Waals surface area (Å²) in [5.41, 5.74) is 3.31. The molecule has 1 heterocycles. The predicted octanol–water partition coefficient (Wildman–Crippen LogP) is 2.64. The molecular weight excluding hydrogens is 350 g/mol. The maximum atomic E-state index is 12.4. The van der Waals surface area contributed by atoms with E-state index in [-0.39, 0.29) is 19.0 Å². The average Bonchev–Trinajstić information content (AvgIpc) is 2.98. The van der Waals surface area contributed by atoms with E-state index in [1.165, 1.54) is 7.11 Å². The highest BCUT2D eigenvalue weighted by Gasteiger charge is 2.18. The number of carbonyl (C=O) groups is 3. The molecule has 144 valence electrons. The molecule has 7 heteroatoms. The molecule has 0 N–H and O–H groups in total. The largest absolute Gasteiger partial charge is 0.465 e. The third-order valence-corrected chi connectivity index (χ3v) is 4.07. The topological polar surface area (TPSA) is 83.8 Å². The average molecular weight is 373 g/mol. The first kappa shape index (κ1) is 20.4. The number of rotatable bonds is 8. The van der Waals surface area contributed by atoms with Gasteiger partial charge in [-0.15, -0.1) is 0 Å². The normalized spacial score (nSPS) is 10.5. The second-order valence-corrected chi connectivity index (χ2v) is 5.88. The Labute approximate surface area is 157 Å². The van der Waals surface area contributed by atoms with Crippen LogP contribution in [0.3, 0.4) is 0 Å². The number of nitrogens with zero attached hydrogens (tertiary/aromatic N) is 1. The van der Waals surface area contributed by atoms with Crippen LogP contribution in [0.15, 0.2) is 30.3 Å². The van der Waals surface area contributed by atoms with E-state index in [9.17, 15) is 14.4 Å². The molecule has 2 rings (SSSR count). The van der Waals surface area contributed by atoms with Crippen LogP contribution in [0.1, 0.15) is 39.0 Å². The molecule has 0 amide bonds. The highest BCUT2D eigenvalue weighted by Crippen LogP contribution is 2.22. The zero-order valence-corrected chi connectivity index (χ0v) is 15.9. The van der Waals surface area contributed by atoms with Crippen molar-refractivity contribution < 1.29 is 28.6 Å². The molecule has 0 spiro atoms. The number of ketones is 1. The summed E-state index contributed by atoms with van der Waals surface area (Å²) in [6, 6.07) is 8.64. The molecular formula is C20H23NO6. The van der Waals surface area contributed by atoms with Crippen LogP contribution in [0.4, 0.5) is 0 Å². The SMILES string of the molecule is CCOCC(=O)OCC(=O)c1cc(C)n(-c2ccc(C(=O)OC)cc2)c1C. The van der Waals surface area contributed by atoms with E-state index in [0.717, 1.165) is 17.1 Å². The smallest absolute Gasteiger partial charge is 0.337 e. The maximum Gasteiger partial charge on any atom is 0.337 e. The van der Waals surface area contributed by atoms with Gasteiger partial charge in [-0.25, -0.2) is 9.59 Å². The molecule has 0 fully saturated rings. The van der Waals surface area contributed by atoms with E-state index in [4.69, 9.17) is 14.2 Å². The van der Waals surface area contributed by atoms with Crippen molar-refractivity contribution in [3.05, 3.63) is 52.8 Å². The van der Waals surface area contributed by atoms with E-state index < -0.39 is 11.9 Å². The fourth-order valence-electron chi connectivity index (χ4n) is 2.76. The minimum Gasteiger partial charge on any atom is -0.465 e. The molecule has 2 aromatic rings. The first-order valence-corrected chi connectivity index (χ1v) is 8.53. The lowest BCUT2D eigenvalue weighted by molar-refractivity contribution is -0.147. The van der Waals surface area contributed by atoms with Gasteiger partial charge in [-0.3, -0.25) is 4.79 Å². The van der Waals surface area contributed by atoms with E-state index in [2.05, 4.69) is 0 Å². The van der Waals surface area contributed by atoms with Crippen molar-refractivity contribution in [3.63, 3.8) is 0 Å². The number of hydrogen-bond donors (Lipinski definition) is 0. The number of ether oxygens (including phenoxy) is 3. The van der Waals surface area contributed by atoms with Crippen LogP contribution in [0.25, 0.3) is 5.69 Å². The number of methoxy groups -OCH3 is 1. The van der Waals surface area contributed by atoms with Crippen LogP contribution in [0, 0.1) is 13.8 Å². The highest BCUT2D eigenvalue weighted by molar-refractivity contribution is 5.99. The van der Waals surface area contributed by atoms with E-state index in [1.807, 2.05) is 18.4 Å². The summed E-state index contributed by atoms with van der Waals surface area (Å²) < 4.78 is 16.5. The van der Waals surface area contributed by atoms with Gasteiger partial charge >= 0.3 is 11.9 Å². The quantitative estimate of drug-likeness (QED) is 0.522. The van der Waals surface area contributed by atoms with Crippen molar-refractivity contribution in [1.82, 2.24) is 4.57 Å². The second kappa shape index (κ2) is 9.14. The Morgan fingerprint density at radius 2 is 1.70 bits per heavy atom. The van der Waals surface area contributed by atoms with E-state index in [0.29, 0.717) is 17.7 Å². The summed E-state index contributed by atoms with van der Waals surface area (Å²) >= 11 is 0. The lowest BCUT2D eigenvalue weighted by Gasteiger charge is -2.10. The third-order valence-electron chi connectivity index (χ3n) is 4.07. The molecule has 1 aromatic heterocycles. The fourth-order valence-corrected chi connectivity index (χ4v) is 2.76. The molecule has 0 aliphatic rings. The standard InChI is InChI=1S/C20H23NO6/c1-5-26-12-19(23)27-11-18(22)17-10-13(2)21(14(17)3)16-8-6-15(7-9-16)20(24)25-4/h6-10H,5,11-12H2,1-4H3. The highest BCUT2D eigenvalue weighted by atomic mass is 16.6. The number of aromatic nitrogens is 1. The lowest BCUT2D eigenvalue weighted by atomic mass is 10.1. The van der Waals surface area contributed by atoms with Crippen molar-refractivity contribution in [1.29, 1.82) is 0 Å². The van der Waals surface area contributed by atoms with Gasteiger partial charge in [-0.05, 0) is 51.1 Å². The molecule has 1 aromatic carbocycles. The van der Waals surface area contributed by atoms with Crippen LogP contribution in [-0.4, -0.2) is 49.2 Å². The Morgan fingerprint density at radius 3 is 2.30 bits per heavy atom. The zero-order valence-electron chi connectivity index (χ0n) is 15.9. The number of benzene rings is 1. The van der Waals surface area contributed by atoms with Crippen molar-refractivity contribution in [2.75, 3.05) is 26.9 Å². The molecule has 0 atom stereocenters. The Hall–Kier alpha value is -2.93. The molecule has 27 heavy (non-hydrogen) atoms. The molecule has 7 nitrogen and oxygen atoms in total. The van der Waals surface area contributed by atoms with Crippen LogP contribution < -0.4 is 0 Å². The first-order valence-electron chi connectivity index (χ1n) is 8.53. The van der Waals surface area contributed by atoms with E-state index >= 15 is 0 Å². The third kappa shape index (κ3) is 4.83. The number of hydrogen-bond acceptors (Lipinski definition) is 6. The van der Waals surface area contributed by atoms with Gasteiger partial charge in [0.1, 0.15) is 6.61 Å². The predicted molar refractivity (Wildman–Crippen MR) is 98.4 cm³/mol. The second-order valence-electron chi connectivity index (χ2n) is 5.88. The molecule has 0 aliphatic heterocycles.